The number of hydrogen-bond donors (Lipinski definition) is 1. The molecule has 2 aromatic carbocycles. The number of carbonyl (C=O) groups is 1. The van der Waals surface area contributed by atoms with Gasteiger partial charge in [-0.2, -0.15) is 0 Å². The third-order valence-electron chi connectivity index (χ3n) is 5.10. The predicted molar refractivity (Wildman–Crippen MR) is 103 cm³/mol. The summed E-state index contributed by atoms with van der Waals surface area (Å²) in [6.45, 7) is 1.90. The zero-order chi connectivity index (χ0) is 18.6. The van der Waals surface area contributed by atoms with Crippen LogP contribution in [0, 0.1) is 0 Å². The van der Waals surface area contributed by atoms with Gasteiger partial charge >= 0.3 is 5.97 Å². The molecule has 0 amide bonds. The molecule has 0 saturated carbocycles. The molecule has 0 aliphatic carbocycles. The van der Waals surface area contributed by atoms with E-state index < -0.39 is 5.97 Å². The molecule has 1 atom stereocenters. The van der Waals surface area contributed by atoms with E-state index in [2.05, 4.69) is 27.0 Å². The first kappa shape index (κ1) is 17.4. The maximum atomic E-state index is 11.4. The van der Waals surface area contributed by atoms with E-state index in [4.69, 9.17) is 0 Å². The van der Waals surface area contributed by atoms with Crippen LogP contribution in [0.1, 0.15) is 40.5 Å². The molecule has 136 valence electrons. The summed E-state index contributed by atoms with van der Waals surface area (Å²) in [5.41, 5.74) is 4.23. The largest absolute Gasteiger partial charge is 0.478 e. The lowest BCUT2D eigenvalue weighted by atomic mass is 9.98. The Bertz CT molecular complexity index is 926. The van der Waals surface area contributed by atoms with Crippen LogP contribution in [0.15, 0.2) is 67.1 Å². The predicted octanol–water partition coefficient (Wildman–Crippen LogP) is 4.18. The number of carboxylic acids is 1. The summed E-state index contributed by atoms with van der Waals surface area (Å²) in [7, 11) is 0. The van der Waals surface area contributed by atoms with E-state index >= 15 is 0 Å². The lowest BCUT2D eigenvalue weighted by Gasteiger charge is -2.23. The molecule has 27 heavy (non-hydrogen) atoms. The highest BCUT2D eigenvalue weighted by molar-refractivity contribution is 5.95. The number of hydrogen-bond acceptors (Lipinski definition) is 4. The van der Waals surface area contributed by atoms with Crippen LogP contribution in [-0.2, 0) is 6.54 Å². The highest BCUT2D eigenvalue weighted by Gasteiger charge is 2.27. The van der Waals surface area contributed by atoms with E-state index in [0.717, 1.165) is 42.8 Å². The summed E-state index contributed by atoms with van der Waals surface area (Å²) in [4.78, 5) is 22.6. The van der Waals surface area contributed by atoms with Crippen molar-refractivity contribution >= 4 is 5.97 Å². The Morgan fingerprint density at radius 1 is 1.11 bits per heavy atom. The Kier molecular flexibility index (Phi) is 4.94. The summed E-state index contributed by atoms with van der Waals surface area (Å²) < 4.78 is 0. The average molecular weight is 359 g/mol. The van der Waals surface area contributed by atoms with Gasteiger partial charge in [0.2, 0.25) is 0 Å². The summed E-state index contributed by atoms with van der Waals surface area (Å²) >= 11 is 0. The molecule has 1 aromatic heterocycles. The maximum Gasteiger partial charge on any atom is 0.336 e. The fraction of sp³-hybridized carbons (Fsp3) is 0.227. The second-order valence-electron chi connectivity index (χ2n) is 6.81. The monoisotopic (exact) mass is 359 g/mol. The normalized spacial score (nSPS) is 17.1. The first-order valence-electron chi connectivity index (χ1n) is 9.14. The third kappa shape index (κ3) is 3.73. The third-order valence-corrected chi connectivity index (χ3v) is 5.10. The van der Waals surface area contributed by atoms with E-state index in [-0.39, 0.29) is 0 Å². The van der Waals surface area contributed by atoms with Gasteiger partial charge in [0.15, 0.2) is 0 Å². The molecule has 3 aromatic rings. The van der Waals surface area contributed by atoms with Crippen molar-refractivity contribution in [1.82, 2.24) is 14.9 Å². The van der Waals surface area contributed by atoms with E-state index in [1.54, 1.807) is 24.5 Å². The molecule has 1 N–H and O–H groups in total. The molecule has 0 spiro atoms. The average Bonchev–Trinajstić information content (AvgIpc) is 3.17. The van der Waals surface area contributed by atoms with Crippen LogP contribution in [0.25, 0.3) is 11.1 Å². The van der Waals surface area contributed by atoms with Crippen molar-refractivity contribution in [3.05, 3.63) is 83.9 Å². The van der Waals surface area contributed by atoms with Crippen molar-refractivity contribution in [3.63, 3.8) is 0 Å². The zero-order valence-corrected chi connectivity index (χ0v) is 15.0. The van der Waals surface area contributed by atoms with E-state index in [1.165, 1.54) is 5.56 Å². The van der Waals surface area contributed by atoms with Gasteiger partial charge < -0.3 is 5.11 Å². The molecule has 1 fully saturated rings. The summed E-state index contributed by atoms with van der Waals surface area (Å²) in [5.74, 6) is -0.904. The first-order valence-corrected chi connectivity index (χ1v) is 9.14. The van der Waals surface area contributed by atoms with Gasteiger partial charge in [-0.25, -0.2) is 4.79 Å². The smallest absolute Gasteiger partial charge is 0.336 e. The van der Waals surface area contributed by atoms with Crippen molar-refractivity contribution in [3.8, 4) is 11.1 Å². The Hall–Kier alpha value is -3.05. The number of carboxylic acid groups (broad SMARTS) is 1. The fourth-order valence-electron chi connectivity index (χ4n) is 3.78. The highest BCUT2D eigenvalue weighted by atomic mass is 16.4. The molecular weight excluding hydrogens is 338 g/mol. The Labute approximate surface area is 158 Å². The van der Waals surface area contributed by atoms with Crippen LogP contribution in [0.3, 0.4) is 0 Å². The van der Waals surface area contributed by atoms with Crippen molar-refractivity contribution in [1.29, 1.82) is 0 Å². The second kappa shape index (κ2) is 7.68. The quantitative estimate of drug-likeness (QED) is 0.740. The Morgan fingerprint density at radius 3 is 2.67 bits per heavy atom. The molecule has 5 heteroatoms. The van der Waals surface area contributed by atoms with E-state index in [9.17, 15) is 9.90 Å². The number of rotatable bonds is 5. The topological polar surface area (TPSA) is 66.3 Å². The molecule has 0 bridgehead atoms. The number of aromatic carboxylic acids is 1. The van der Waals surface area contributed by atoms with Crippen molar-refractivity contribution in [2.24, 2.45) is 0 Å². The van der Waals surface area contributed by atoms with Crippen LogP contribution in [0.5, 0.6) is 0 Å². The number of benzene rings is 2. The molecule has 1 aliphatic rings. The first-order chi connectivity index (χ1) is 13.2. The van der Waals surface area contributed by atoms with Crippen molar-refractivity contribution in [2.45, 2.75) is 25.4 Å². The van der Waals surface area contributed by atoms with Gasteiger partial charge in [-0.3, -0.25) is 14.9 Å². The van der Waals surface area contributed by atoms with Crippen molar-refractivity contribution < 1.29 is 9.90 Å². The van der Waals surface area contributed by atoms with Gasteiger partial charge in [0, 0.05) is 25.1 Å². The van der Waals surface area contributed by atoms with E-state index in [1.807, 2.05) is 30.5 Å². The van der Waals surface area contributed by atoms with Gasteiger partial charge in [0.25, 0.3) is 0 Å². The standard InChI is InChI=1S/C22H21N3O2/c26-22(27)19-5-2-1-4-18(19)17-9-7-16(8-10-17)15-25-13-3-6-21(25)20-14-23-11-12-24-20/h1-2,4-5,7-12,14,21H,3,6,13,15H2,(H,26,27)/t21-/m0/s1. The molecule has 2 heterocycles. The molecule has 4 rings (SSSR count). The summed E-state index contributed by atoms with van der Waals surface area (Å²) in [6, 6.07) is 15.6. The van der Waals surface area contributed by atoms with Crippen LogP contribution in [-0.4, -0.2) is 32.5 Å². The number of likely N-dealkylation sites (tertiary alicyclic amines) is 1. The Morgan fingerprint density at radius 2 is 1.93 bits per heavy atom. The second-order valence-corrected chi connectivity index (χ2v) is 6.81. The molecular formula is C22H21N3O2. The summed E-state index contributed by atoms with van der Waals surface area (Å²) in [5, 5.41) is 9.39. The molecule has 5 nitrogen and oxygen atoms in total. The molecule has 0 radical (unpaired) electrons. The fourth-order valence-corrected chi connectivity index (χ4v) is 3.78. The van der Waals surface area contributed by atoms with Crippen LogP contribution in [0.2, 0.25) is 0 Å². The van der Waals surface area contributed by atoms with Gasteiger partial charge in [0.1, 0.15) is 0 Å². The van der Waals surface area contributed by atoms with Gasteiger partial charge in [-0.1, -0.05) is 42.5 Å². The van der Waals surface area contributed by atoms with Crippen molar-refractivity contribution in [2.75, 3.05) is 6.54 Å². The lowest BCUT2D eigenvalue weighted by molar-refractivity contribution is 0.0697. The van der Waals surface area contributed by atoms with Gasteiger partial charge in [0.05, 0.1) is 17.3 Å². The molecule has 1 aliphatic heterocycles. The van der Waals surface area contributed by atoms with Crippen LogP contribution < -0.4 is 0 Å². The maximum absolute atomic E-state index is 11.4. The lowest BCUT2D eigenvalue weighted by Crippen LogP contribution is -2.23. The number of nitrogens with zero attached hydrogens (tertiary/aromatic N) is 3. The minimum Gasteiger partial charge on any atom is -0.478 e. The molecule has 1 saturated heterocycles. The van der Waals surface area contributed by atoms with Gasteiger partial charge in [-0.05, 0) is 42.1 Å². The van der Waals surface area contributed by atoms with E-state index in [0.29, 0.717) is 11.6 Å². The molecule has 0 unspecified atom stereocenters. The Balaban J connectivity index is 1.53. The summed E-state index contributed by atoms with van der Waals surface area (Å²) in [6.07, 6.45) is 7.57. The highest BCUT2D eigenvalue weighted by Crippen LogP contribution is 2.32. The zero-order valence-electron chi connectivity index (χ0n) is 15.0. The van der Waals surface area contributed by atoms with Crippen LogP contribution >= 0.6 is 0 Å². The minimum atomic E-state index is -0.904. The number of aromatic nitrogens is 2. The SMILES string of the molecule is O=C(O)c1ccccc1-c1ccc(CN2CCC[C@H]2c2cnccn2)cc1. The van der Waals surface area contributed by atoms with Gasteiger partial charge in [-0.15, -0.1) is 0 Å². The minimum absolute atomic E-state index is 0.311. The van der Waals surface area contributed by atoms with Crippen LogP contribution in [0.4, 0.5) is 0 Å².